The zero-order valence-electron chi connectivity index (χ0n) is 9.51. The van der Waals surface area contributed by atoms with Gasteiger partial charge in [0.05, 0.1) is 10.0 Å². The molecule has 0 bridgehead atoms. The first-order chi connectivity index (χ1) is 8.68. The Labute approximate surface area is 114 Å². The fourth-order valence-corrected chi connectivity index (χ4v) is 1.91. The molecular formula is C15H11BrO2. The van der Waals surface area contributed by atoms with Gasteiger partial charge in [0, 0.05) is 0 Å². The molecule has 1 N–H and O–H groups in total. The number of hydrogen-bond donors (Lipinski definition) is 1. The monoisotopic (exact) mass is 302 g/mol. The maximum atomic E-state index is 11.9. The molecule has 2 aromatic rings. The standard InChI is InChI=1S/C15H11BrO2/c16-13-8-4-7-12(15(13)18)14(17)10-9-11-5-2-1-3-6-11/h1-10,18H/b10-9+. The van der Waals surface area contributed by atoms with Gasteiger partial charge in [-0.05, 0) is 39.7 Å². The van der Waals surface area contributed by atoms with E-state index in [2.05, 4.69) is 15.9 Å². The number of allylic oxidation sites excluding steroid dienone is 1. The van der Waals surface area contributed by atoms with Crippen molar-refractivity contribution in [2.75, 3.05) is 0 Å². The topological polar surface area (TPSA) is 37.3 Å². The summed E-state index contributed by atoms with van der Waals surface area (Å²) in [6, 6.07) is 14.5. The van der Waals surface area contributed by atoms with Crippen LogP contribution in [-0.2, 0) is 0 Å². The average molecular weight is 303 g/mol. The maximum Gasteiger partial charge on any atom is 0.189 e. The molecule has 0 unspecified atom stereocenters. The molecule has 0 aliphatic heterocycles. The number of carbonyl (C=O) groups is 1. The zero-order valence-corrected chi connectivity index (χ0v) is 11.1. The predicted molar refractivity (Wildman–Crippen MR) is 75.6 cm³/mol. The number of benzene rings is 2. The lowest BCUT2D eigenvalue weighted by Gasteiger charge is -2.02. The van der Waals surface area contributed by atoms with Gasteiger partial charge in [0.15, 0.2) is 5.78 Å². The smallest absolute Gasteiger partial charge is 0.189 e. The highest BCUT2D eigenvalue weighted by atomic mass is 79.9. The van der Waals surface area contributed by atoms with Crippen LogP contribution in [-0.4, -0.2) is 10.9 Å². The molecule has 0 aliphatic carbocycles. The van der Waals surface area contributed by atoms with Crippen LogP contribution in [0.1, 0.15) is 15.9 Å². The molecule has 0 radical (unpaired) electrons. The second-order valence-corrected chi connectivity index (χ2v) is 4.60. The third-order valence-corrected chi connectivity index (χ3v) is 3.12. The number of aromatic hydroxyl groups is 1. The summed E-state index contributed by atoms with van der Waals surface area (Å²) in [4.78, 5) is 11.9. The van der Waals surface area contributed by atoms with Crippen molar-refractivity contribution in [1.82, 2.24) is 0 Å². The molecule has 0 spiro atoms. The SMILES string of the molecule is O=C(/C=C/c1ccccc1)c1cccc(Br)c1O. The van der Waals surface area contributed by atoms with Gasteiger partial charge in [-0.1, -0.05) is 42.5 Å². The van der Waals surface area contributed by atoms with Crippen LogP contribution in [0.4, 0.5) is 0 Å². The Morgan fingerprint density at radius 1 is 1.06 bits per heavy atom. The summed E-state index contributed by atoms with van der Waals surface area (Å²) < 4.78 is 0.515. The van der Waals surface area contributed by atoms with E-state index < -0.39 is 0 Å². The first-order valence-corrected chi connectivity index (χ1v) is 6.23. The van der Waals surface area contributed by atoms with Crippen molar-refractivity contribution >= 4 is 27.8 Å². The summed E-state index contributed by atoms with van der Waals surface area (Å²) in [5.41, 5.74) is 1.23. The molecule has 0 aromatic heterocycles. The number of halogens is 1. The van der Waals surface area contributed by atoms with E-state index in [1.807, 2.05) is 30.3 Å². The van der Waals surface area contributed by atoms with Crippen LogP contribution < -0.4 is 0 Å². The lowest BCUT2D eigenvalue weighted by molar-refractivity contribution is 0.104. The maximum absolute atomic E-state index is 11.9. The van der Waals surface area contributed by atoms with Gasteiger partial charge < -0.3 is 5.11 Å². The van der Waals surface area contributed by atoms with Crippen molar-refractivity contribution in [3.05, 3.63) is 70.2 Å². The van der Waals surface area contributed by atoms with Crippen LogP contribution in [0, 0.1) is 0 Å². The average Bonchev–Trinajstić information content (AvgIpc) is 2.40. The summed E-state index contributed by atoms with van der Waals surface area (Å²) >= 11 is 3.18. The highest BCUT2D eigenvalue weighted by Crippen LogP contribution is 2.27. The van der Waals surface area contributed by atoms with Gasteiger partial charge >= 0.3 is 0 Å². The molecule has 0 heterocycles. The Balaban J connectivity index is 2.23. The van der Waals surface area contributed by atoms with Crippen LogP contribution in [0.25, 0.3) is 6.08 Å². The Bertz CT molecular complexity index is 589. The second-order valence-electron chi connectivity index (χ2n) is 3.74. The molecule has 3 heteroatoms. The van der Waals surface area contributed by atoms with Gasteiger partial charge in [-0.15, -0.1) is 0 Å². The fourth-order valence-electron chi connectivity index (χ4n) is 1.54. The van der Waals surface area contributed by atoms with E-state index in [0.717, 1.165) is 5.56 Å². The first kappa shape index (κ1) is 12.6. The summed E-state index contributed by atoms with van der Waals surface area (Å²) in [6.07, 6.45) is 3.18. The minimum Gasteiger partial charge on any atom is -0.506 e. The van der Waals surface area contributed by atoms with E-state index >= 15 is 0 Å². The molecule has 2 aromatic carbocycles. The van der Waals surface area contributed by atoms with E-state index in [4.69, 9.17) is 0 Å². The van der Waals surface area contributed by atoms with Crippen LogP contribution in [0.3, 0.4) is 0 Å². The molecule has 0 amide bonds. The van der Waals surface area contributed by atoms with Crippen molar-refractivity contribution in [2.24, 2.45) is 0 Å². The Morgan fingerprint density at radius 2 is 1.78 bits per heavy atom. The number of rotatable bonds is 3. The van der Waals surface area contributed by atoms with Crippen molar-refractivity contribution in [3.8, 4) is 5.75 Å². The van der Waals surface area contributed by atoms with Crippen LogP contribution in [0.15, 0.2) is 59.1 Å². The quantitative estimate of drug-likeness (QED) is 0.686. The largest absolute Gasteiger partial charge is 0.506 e. The van der Waals surface area contributed by atoms with Crippen molar-refractivity contribution < 1.29 is 9.90 Å². The van der Waals surface area contributed by atoms with Crippen LogP contribution in [0.5, 0.6) is 5.75 Å². The van der Waals surface area contributed by atoms with E-state index in [-0.39, 0.29) is 17.1 Å². The number of hydrogen-bond acceptors (Lipinski definition) is 2. The van der Waals surface area contributed by atoms with Crippen molar-refractivity contribution in [2.45, 2.75) is 0 Å². The highest BCUT2D eigenvalue weighted by molar-refractivity contribution is 9.10. The van der Waals surface area contributed by atoms with E-state index in [1.54, 1.807) is 24.3 Å². The first-order valence-electron chi connectivity index (χ1n) is 5.43. The Kier molecular flexibility index (Phi) is 3.95. The molecule has 2 nitrogen and oxygen atoms in total. The molecular weight excluding hydrogens is 292 g/mol. The second kappa shape index (κ2) is 5.65. The van der Waals surface area contributed by atoms with Gasteiger partial charge in [0.2, 0.25) is 0 Å². The van der Waals surface area contributed by atoms with Crippen molar-refractivity contribution in [1.29, 1.82) is 0 Å². The molecule has 0 aliphatic rings. The zero-order chi connectivity index (χ0) is 13.0. The molecule has 0 saturated heterocycles. The minimum atomic E-state index is -0.224. The molecule has 2 rings (SSSR count). The summed E-state index contributed by atoms with van der Waals surface area (Å²) in [5, 5.41) is 9.76. The normalized spacial score (nSPS) is 10.7. The molecule has 0 saturated carbocycles. The van der Waals surface area contributed by atoms with Crippen molar-refractivity contribution in [3.63, 3.8) is 0 Å². The molecule has 0 atom stereocenters. The number of carbonyl (C=O) groups excluding carboxylic acids is 1. The minimum absolute atomic E-state index is 0.0276. The molecule has 90 valence electrons. The van der Waals surface area contributed by atoms with E-state index in [0.29, 0.717) is 4.47 Å². The summed E-state index contributed by atoms with van der Waals surface area (Å²) in [6.45, 7) is 0. The number of phenols is 1. The van der Waals surface area contributed by atoms with Gasteiger partial charge in [0.25, 0.3) is 0 Å². The lowest BCUT2D eigenvalue weighted by Crippen LogP contribution is -1.94. The van der Waals surface area contributed by atoms with E-state index in [9.17, 15) is 9.90 Å². The predicted octanol–water partition coefficient (Wildman–Crippen LogP) is 4.05. The van der Waals surface area contributed by atoms with Gasteiger partial charge in [0.1, 0.15) is 5.75 Å². The highest BCUT2D eigenvalue weighted by Gasteiger charge is 2.10. The van der Waals surface area contributed by atoms with Crippen LogP contribution in [0.2, 0.25) is 0 Å². The van der Waals surface area contributed by atoms with Gasteiger partial charge in [-0.3, -0.25) is 4.79 Å². The number of para-hydroxylation sites is 1. The third kappa shape index (κ3) is 2.87. The summed E-state index contributed by atoms with van der Waals surface area (Å²) in [7, 11) is 0. The van der Waals surface area contributed by atoms with Gasteiger partial charge in [-0.25, -0.2) is 0 Å². The number of ketones is 1. The summed E-state index contributed by atoms with van der Waals surface area (Å²) in [5.74, 6) is -0.252. The third-order valence-electron chi connectivity index (χ3n) is 2.48. The van der Waals surface area contributed by atoms with Gasteiger partial charge in [-0.2, -0.15) is 0 Å². The Morgan fingerprint density at radius 3 is 2.50 bits per heavy atom. The lowest BCUT2D eigenvalue weighted by atomic mass is 10.1. The Hall–Kier alpha value is -1.87. The number of phenolic OH excluding ortho intramolecular Hbond substituents is 1. The van der Waals surface area contributed by atoms with Crippen LogP contribution >= 0.6 is 15.9 Å². The van der Waals surface area contributed by atoms with E-state index in [1.165, 1.54) is 6.08 Å². The molecule has 0 fully saturated rings. The molecule has 18 heavy (non-hydrogen) atoms. The fraction of sp³-hybridized carbons (Fsp3) is 0.